The Morgan fingerprint density at radius 3 is 2.31 bits per heavy atom. The highest BCUT2D eigenvalue weighted by molar-refractivity contribution is 7.89. The molecular weight excluding hydrogens is 478 g/mol. The zero-order chi connectivity index (χ0) is 25.8. The monoisotopic (exact) mass is 509 g/mol. The number of hydrazone groups is 1. The van der Waals surface area contributed by atoms with E-state index in [1.807, 2.05) is 44.2 Å². The number of hydrogen-bond donors (Lipinski definition) is 1. The number of carbonyl (C=O) groups excluding carboxylic acids is 1. The van der Waals surface area contributed by atoms with Crippen LogP contribution in [0.3, 0.4) is 0 Å². The van der Waals surface area contributed by atoms with Crippen LogP contribution in [0.25, 0.3) is 0 Å². The summed E-state index contributed by atoms with van der Waals surface area (Å²) in [5.74, 6) is 0.668. The molecule has 0 saturated heterocycles. The fourth-order valence-electron chi connectivity index (χ4n) is 3.33. The van der Waals surface area contributed by atoms with Crippen LogP contribution in [-0.2, 0) is 21.4 Å². The van der Waals surface area contributed by atoms with Crippen LogP contribution in [0, 0.1) is 0 Å². The molecule has 3 aromatic rings. The molecule has 0 atom stereocenters. The summed E-state index contributed by atoms with van der Waals surface area (Å²) in [7, 11) is -3.91. The van der Waals surface area contributed by atoms with Crippen LogP contribution >= 0.6 is 0 Å². The number of hydrogen-bond acceptors (Lipinski definition) is 6. The molecule has 9 heteroatoms. The van der Waals surface area contributed by atoms with Crippen LogP contribution in [0.4, 0.5) is 0 Å². The molecular formula is C27H31N3O5S. The summed E-state index contributed by atoms with van der Waals surface area (Å²) < 4.78 is 39.0. The molecule has 0 bridgehead atoms. The van der Waals surface area contributed by atoms with Crippen molar-refractivity contribution in [3.05, 3.63) is 90.0 Å². The quantitative estimate of drug-likeness (QED) is 0.275. The highest BCUT2D eigenvalue weighted by Gasteiger charge is 2.26. The van der Waals surface area contributed by atoms with Crippen molar-refractivity contribution >= 4 is 22.1 Å². The molecule has 3 aromatic carbocycles. The fraction of sp³-hybridized carbons (Fsp3) is 0.259. The Labute approximate surface area is 212 Å². The predicted octanol–water partition coefficient (Wildman–Crippen LogP) is 4.22. The molecule has 1 N–H and O–H groups in total. The second-order valence-corrected chi connectivity index (χ2v) is 9.79. The summed E-state index contributed by atoms with van der Waals surface area (Å²) in [6, 6.07) is 22.5. The minimum atomic E-state index is -3.91. The van der Waals surface area contributed by atoms with E-state index >= 15 is 0 Å². The van der Waals surface area contributed by atoms with Crippen LogP contribution in [0.5, 0.6) is 11.5 Å². The van der Waals surface area contributed by atoms with E-state index in [-0.39, 0.29) is 11.4 Å². The van der Waals surface area contributed by atoms with Gasteiger partial charge in [-0.1, -0.05) is 55.5 Å². The van der Waals surface area contributed by atoms with Gasteiger partial charge in [-0.15, -0.1) is 0 Å². The molecule has 36 heavy (non-hydrogen) atoms. The lowest BCUT2D eigenvalue weighted by Crippen LogP contribution is -2.39. The molecule has 0 aliphatic rings. The summed E-state index contributed by atoms with van der Waals surface area (Å²) in [6.45, 7) is 4.62. The van der Waals surface area contributed by atoms with Crippen molar-refractivity contribution in [2.45, 2.75) is 31.7 Å². The van der Waals surface area contributed by atoms with E-state index in [0.717, 1.165) is 16.3 Å². The van der Waals surface area contributed by atoms with E-state index < -0.39 is 22.5 Å². The third-order valence-electron chi connectivity index (χ3n) is 5.03. The maximum Gasteiger partial charge on any atom is 0.255 e. The lowest BCUT2D eigenvalue weighted by molar-refractivity contribution is -0.121. The van der Waals surface area contributed by atoms with Gasteiger partial charge in [-0.3, -0.25) is 4.79 Å². The van der Waals surface area contributed by atoms with Crippen molar-refractivity contribution in [3.8, 4) is 11.5 Å². The zero-order valence-corrected chi connectivity index (χ0v) is 21.3. The van der Waals surface area contributed by atoms with Gasteiger partial charge in [-0.25, -0.2) is 13.8 Å². The first-order chi connectivity index (χ1) is 17.4. The van der Waals surface area contributed by atoms with Crippen LogP contribution in [0.1, 0.15) is 31.4 Å². The highest BCUT2D eigenvalue weighted by atomic mass is 32.2. The average molecular weight is 510 g/mol. The minimum Gasteiger partial charge on any atom is -0.490 e. The van der Waals surface area contributed by atoms with Gasteiger partial charge in [-0.2, -0.15) is 9.41 Å². The molecule has 1 amide bonds. The maximum absolute atomic E-state index is 13.3. The Bertz CT molecular complexity index is 1250. The van der Waals surface area contributed by atoms with Crippen molar-refractivity contribution in [3.63, 3.8) is 0 Å². The second-order valence-electron chi connectivity index (χ2n) is 7.85. The molecule has 0 aromatic heterocycles. The van der Waals surface area contributed by atoms with Crippen molar-refractivity contribution < 1.29 is 22.7 Å². The number of rotatable bonds is 13. The Hall–Kier alpha value is -3.69. The van der Waals surface area contributed by atoms with E-state index in [1.54, 1.807) is 36.4 Å². The first kappa shape index (κ1) is 26.9. The molecule has 0 radical (unpaired) electrons. The first-order valence-electron chi connectivity index (χ1n) is 11.7. The SMILES string of the molecule is CCCOc1ccc(/C=N\NC(=O)CN(Cc2ccccc2)S(=O)(=O)c2ccccc2)cc1OCC. The summed E-state index contributed by atoms with van der Waals surface area (Å²) in [5, 5.41) is 4.01. The number of sulfonamides is 1. The minimum absolute atomic E-state index is 0.0478. The molecule has 0 heterocycles. The van der Waals surface area contributed by atoms with Gasteiger partial charge in [0, 0.05) is 6.54 Å². The Balaban J connectivity index is 1.72. The van der Waals surface area contributed by atoms with E-state index in [0.29, 0.717) is 30.3 Å². The van der Waals surface area contributed by atoms with Gasteiger partial charge in [0.25, 0.3) is 5.91 Å². The Morgan fingerprint density at radius 2 is 1.64 bits per heavy atom. The smallest absolute Gasteiger partial charge is 0.255 e. The van der Waals surface area contributed by atoms with E-state index in [1.165, 1.54) is 18.3 Å². The molecule has 0 saturated carbocycles. The molecule has 0 spiro atoms. The normalized spacial score (nSPS) is 11.5. The predicted molar refractivity (Wildman–Crippen MR) is 140 cm³/mol. The number of benzene rings is 3. The van der Waals surface area contributed by atoms with Crippen LogP contribution in [0.2, 0.25) is 0 Å². The van der Waals surface area contributed by atoms with Gasteiger partial charge in [0.2, 0.25) is 10.0 Å². The van der Waals surface area contributed by atoms with Crippen molar-refractivity contribution in [2.24, 2.45) is 5.10 Å². The van der Waals surface area contributed by atoms with Crippen molar-refractivity contribution in [1.29, 1.82) is 0 Å². The third-order valence-corrected chi connectivity index (χ3v) is 6.84. The average Bonchev–Trinajstić information content (AvgIpc) is 2.89. The fourth-order valence-corrected chi connectivity index (χ4v) is 4.74. The summed E-state index contributed by atoms with van der Waals surface area (Å²) in [5.41, 5.74) is 3.88. The van der Waals surface area contributed by atoms with Crippen molar-refractivity contribution in [1.82, 2.24) is 9.73 Å². The van der Waals surface area contributed by atoms with Gasteiger partial charge >= 0.3 is 0 Å². The standard InChI is InChI=1S/C27H31N3O5S/c1-3-17-35-25-16-15-23(18-26(25)34-4-2)19-28-29-27(31)21-30(20-22-11-7-5-8-12-22)36(32,33)24-13-9-6-10-14-24/h5-16,18-19H,3-4,17,20-21H2,1-2H3,(H,29,31)/b28-19-. The number of carbonyl (C=O) groups is 1. The molecule has 3 rings (SSSR count). The number of nitrogens with zero attached hydrogens (tertiary/aromatic N) is 2. The van der Waals surface area contributed by atoms with Crippen LogP contribution in [-0.4, -0.2) is 44.6 Å². The summed E-state index contributed by atoms with van der Waals surface area (Å²) >= 11 is 0. The second kappa shape index (κ2) is 13.4. The number of nitrogens with one attached hydrogen (secondary N) is 1. The van der Waals surface area contributed by atoms with Gasteiger partial charge < -0.3 is 9.47 Å². The largest absolute Gasteiger partial charge is 0.490 e. The van der Waals surface area contributed by atoms with Gasteiger partial charge in [0.05, 0.1) is 30.9 Å². The van der Waals surface area contributed by atoms with E-state index in [4.69, 9.17) is 9.47 Å². The van der Waals surface area contributed by atoms with Crippen molar-refractivity contribution in [2.75, 3.05) is 19.8 Å². The number of ether oxygens (including phenoxy) is 2. The molecule has 8 nitrogen and oxygen atoms in total. The maximum atomic E-state index is 13.3. The molecule has 0 fully saturated rings. The van der Waals surface area contributed by atoms with E-state index in [9.17, 15) is 13.2 Å². The summed E-state index contributed by atoms with van der Waals surface area (Å²) in [4.78, 5) is 12.8. The van der Waals surface area contributed by atoms with Gasteiger partial charge in [0.15, 0.2) is 11.5 Å². The van der Waals surface area contributed by atoms with Gasteiger partial charge in [-0.05, 0) is 54.8 Å². The Morgan fingerprint density at radius 1 is 0.944 bits per heavy atom. The lowest BCUT2D eigenvalue weighted by Gasteiger charge is -2.21. The van der Waals surface area contributed by atoms with Crippen LogP contribution < -0.4 is 14.9 Å². The zero-order valence-electron chi connectivity index (χ0n) is 20.5. The highest BCUT2D eigenvalue weighted by Crippen LogP contribution is 2.28. The lowest BCUT2D eigenvalue weighted by atomic mass is 10.2. The number of amides is 1. The molecule has 0 aliphatic carbocycles. The van der Waals surface area contributed by atoms with Crippen LogP contribution in [0.15, 0.2) is 88.9 Å². The molecule has 190 valence electrons. The van der Waals surface area contributed by atoms with Gasteiger partial charge in [0.1, 0.15) is 0 Å². The molecule has 0 unspecified atom stereocenters. The Kier molecular flexibility index (Phi) is 10.0. The topological polar surface area (TPSA) is 97.3 Å². The third kappa shape index (κ3) is 7.66. The first-order valence-corrected chi connectivity index (χ1v) is 13.2. The van der Waals surface area contributed by atoms with E-state index in [2.05, 4.69) is 10.5 Å². The summed E-state index contributed by atoms with van der Waals surface area (Å²) in [6.07, 6.45) is 2.35. The molecule has 0 aliphatic heterocycles.